The van der Waals surface area contributed by atoms with Gasteiger partial charge in [-0.1, -0.05) is 141 Å². The average molecular weight is 773 g/mol. The Labute approximate surface area is 326 Å². The quantitative estimate of drug-likeness (QED) is 0.0274. The van der Waals surface area contributed by atoms with Crippen molar-refractivity contribution in [3.05, 3.63) is 24.3 Å². The van der Waals surface area contributed by atoms with Crippen LogP contribution in [0.1, 0.15) is 194 Å². The van der Waals surface area contributed by atoms with Gasteiger partial charge in [0.15, 0.2) is 6.10 Å². The summed E-state index contributed by atoms with van der Waals surface area (Å²) >= 11 is 0. The fraction of sp³-hybridized carbons (Fsp3) is 0.860. The molecule has 2 atom stereocenters. The normalized spacial score (nSPS) is 13.6. The first-order chi connectivity index (χ1) is 25.7. The fourth-order valence-electron chi connectivity index (χ4n) is 5.88. The first-order valence-corrected chi connectivity index (χ1v) is 23.3. The predicted octanol–water partition coefficient (Wildman–Crippen LogP) is 10.8. The number of likely N-dealkylation sites (N-methyl/N-ethyl adjacent to an activating group) is 1. The van der Waals surface area contributed by atoms with E-state index in [1.165, 1.54) is 89.9 Å². The van der Waals surface area contributed by atoms with Gasteiger partial charge in [-0.2, -0.15) is 0 Å². The lowest BCUT2D eigenvalue weighted by Gasteiger charge is -2.20. The first-order valence-electron chi connectivity index (χ1n) is 21.8. The summed E-state index contributed by atoms with van der Waals surface area (Å²) in [7, 11) is -0.535. The maximum absolute atomic E-state index is 12.6. The van der Waals surface area contributed by atoms with Crippen molar-refractivity contribution in [2.24, 2.45) is 0 Å². The van der Waals surface area contributed by atoms with Gasteiger partial charge in [-0.3, -0.25) is 18.6 Å². The number of hydrogen-bond donors (Lipinski definition) is 2. The highest BCUT2D eigenvalue weighted by Gasteiger charge is 2.26. The van der Waals surface area contributed by atoms with E-state index in [0.717, 1.165) is 75.5 Å². The summed E-state index contributed by atoms with van der Waals surface area (Å²) in [6.07, 6.45) is 39.3. The number of phosphoric acid groups is 1. The van der Waals surface area contributed by atoms with Crippen molar-refractivity contribution in [1.29, 1.82) is 0 Å². The number of rotatable bonds is 40. The van der Waals surface area contributed by atoms with E-state index in [1.807, 2.05) is 14.1 Å². The lowest BCUT2D eigenvalue weighted by molar-refractivity contribution is -0.858. The molecule has 0 aliphatic heterocycles. The molecule has 0 fully saturated rings. The van der Waals surface area contributed by atoms with Crippen molar-refractivity contribution in [3.8, 4) is 0 Å². The number of esters is 2. The summed E-state index contributed by atoms with van der Waals surface area (Å²) in [4.78, 5) is 36.2. The molecule has 53 heavy (non-hydrogen) atoms. The molecule has 0 aliphatic rings. The molecule has 0 aromatic heterocycles. The molecule has 0 heterocycles. The van der Waals surface area contributed by atoms with E-state index >= 15 is 0 Å². The van der Waals surface area contributed by atoms with Gasteiger partial charge < -0.3 is 19.3 Å². The minimum absolute atomic E-state index is 0.0426. The van der Waals surface area contributed by atoms with Crippen LogP contribution in [0.25, 0.3) is 0 Å². The summed E-state index contributed by atoms with van der Waals surface area (Å²) in [5.74, 6) is -0.812. The number of carbonyl (C=O) groups is 2. The molecular formula is C43H83NO8P+. The third-order valence-electron chi connectivity index (χ3n) is 9.29. The molecule has 0 amide bonds. The SMILES string of the molecule is CCCCCCCC/C=C\CCCCCCCC(=O)OC[C@H](COP(=O)(O)OCC[NH+](C)C)OC(=O)CCCCCCC/C=C\CCCCCCCC. The lowest BCUT2D eigenvalue weighted by atomic mass is 10.1. The zero-order valence-corrected chi connectivity index (χ0v) is 35.7. The van der Waals surface area contributed by atoms with E-state index < -0.39 is 26.5 Å². The number of quaternary nitrogens is 1. The average Bonchev–Trinajstić information content (AvgIpc) is 3.12. The second kappa shape index (κ2) is 38.8. The van der Waals surface area contributed by atoms with Crippen LogP contribution >= 0.6 is 7.82 Å². The highest BCUT2D eigenvalue weighted by atomic mass is 31.2. The number of phosphoric ester groups is 1. The third kappa shape index (κ3) is 40.0. The Kier molecular flexibility index (Phi) is 37.6. The van der Waals surface area contributed by atoms with Crippen molar-refractivity contribution < 1.29 is 42.5 Å². The Morgan fingerprint density at radius 1 is 0.566 bits per heavy atom. The molecule has 0 spiro atoms. The van der Waals surface area contributed by atoms with Gasteiger partial charge in [0.2, 0.25) is 0 Å². The van der Waals surface area contributed by atoms with Crippen LogP contribution in [0.5, 0.6) is 0 Å². The summed E-state index contributed by atoms with van der Waals surface area (Å²) < 4.78 is 33.5. The number of hydrogen-bond acceptors (Lipinski definition) is 7. The maximum atomic E-state index is 12.6. The molecular weight excluding hydrogens is 689 g/mol. The summed E-state index contributed by atoms with van der Waals surface area (Å²) in [5.41, 5.74) is 0. The Morgan fingerprint density at radius 3 is 1.40 bits per heavy atom. The summed E-state index contributed by atoms with van der Waals surface area (Å²) in [6, 6.07) is 0. The van der Waals surface area contributed by atoms with E-state index in [2.05, 4.69) is 38.2 Å². The molecule has 0 aromatic rings. The Hall–Kier alpha value is -1.51. The number of unbranched alkanes of at least 4 members (excludes halogenated alkanes) is 22. The van der Waals surface area contributed by atoms with Gasteiger partial charge >= 0.3 is 19.8 Å². The van der Waals surface area contributed by atoms with Crippen LogP contribution in [0.4, 0.5) is 0 Å². The highest BCUT2D eigenvalue weighted by molar-refractivity contribution is 7.47. The summed E-state index contributed by atoms with van der Waals surface area (Å²) in [5, 5.41) is 0. The number of ether oxygens (including phenoxy) is 2. The van der Waals surface area contributed by atoms with E-state index in [9.17, 15) is 19.0 Å². The summed E-state index contributed by atoms with van der Waals surface area (Å²) in [6.45, 7) is 4.43. The van der Waals surface area contributed by atoms with E-state index in [4.69, 9.17) is 18.5 Å². The predicted molar refractivity (Wildman–Crippen MR) is 219 cm³/mol. The minimum Gasteiger partial charge on any atom is -0.462 e. The molecule has 0 radical (unpaired) electrons. The molecule has 2 N–H and O–H groups in total. The zero-order chi connectivity index (χ0) is 39.1. The third-order valence-corrected chi connectivity index (χ3v) is 10.3. The van der Waals surface area contributed by atoms with Gasteiger partial charge in [0, 0.05) is 12.8 Å². The van der Waals surface area contributed by atoms with Crippen LogP contribution < -0.4 is 4.90 Å². The maximum Gasteiger partial charge on any atom is 0.472 e. The Bertz CT molecular complexity index is 941. The Balaban J connectivity index is 4.32. The van der Waals surface area contributed by atoms with Gasteiger partial charge in [-0.25, -0.2) is 4.57 Å². The van der Waals surface area contributed by atoms with Gasteiger partial charge in [-0.15, -0.1) is 0 Å². The molecule has 10 heteroatoms. The van der Waals surface area contributed by atoms with Crippen LogP contribution in [0, 0.1) is 0 Å². The van der Waals surface area contributed by atoms with E-state index in [1.54, 1.807) is 0 Å². The van der Waals surface area contributed by atoms with E-state index in [0.29, 0.717) is 13.0 Å². The van der Waals surface area contributed by atoms with Crippen molar-refractivity contribution in [3.63, 3.8) is 0 Å². The number of nitrogens with one attached hydrogen (secondary N) is 1. The zero-order valence-electron chi connectivity index (χ0n) is 34.8. The largest absolute Gasteiger partial charge is 0.472 e. The molecule has 0 aromatic carbocycles. The van der Waals surface area contributed by atoms with Crippen molar-refractivity contribution in [2.75, 3.05) is 40.5 Å². The molecule has 0 rings (SSSR count). The fourth-order valence-corrected chi connectivity index (χ4v) is 6.63. The monoisotopic (exact) mass is 773 g/mol. The topological polar surface area (TPSA) is 113 Å². The number of allylic oxidation sites excluding steroid dienone is 4. The second-order valence-electron chi connectivity index (χ2n) is 15.0. The molecule has 0 saturated heterocycles. The van der Waals surface area contributed by atoms with Gasteiger partial charge in [-0.05, 0) is 64.2 Å². The lowest BCUT2D eigenvalue weighted by Crippen LogP contribution is -3.06. The van der Waals surface area contributed by atoms with Crippen molar-refractivity contribution in [2.45, 2.75) is 200 Å². The van der Waals surface area contributed by atoms with E-state index in [-0.39, 0.29) is 32.0 Å². The van der Waals surface area contributed by atoms with Crippen LogP contribution in [0.3, 0.4) is 0 Å². The number of carbonyl (C=O) groups excluding carboxylic acids is 2. The van der Waals surface area contributed by atoms with Crippen LogP contribution in [0.15, 0.2) is 24.3 Å². The molecule has 0 bridgehead atoms. The molecule has 0 aliphatic carbocycles. The molecule has 9 nitrogen and oxygen atoms in total. The van der Waals surface area contributed by atoms with Gasteiger partial charge in [0.05, 0.1) is 20.7 Å². The standard InChI is InChI=1S/C43H82NO8P/c1-5-7-9-11-13-15-17-19-21-23-25-27-29-31-33-35-42(45)49-39-41(40-51-53(47,48)50-38-37-44(3)4)52-43(46)36-34-32-30-28-26-24-22-20-18-16-14-12-10-8-6-2/h19-22,41H,5-18,23-40H2,1-4H3,(H,47,48)/p+1/b21-19-,22-20-/t41-/m1/s1. The van der Waals surface area contributed by atoms with Crippen LogP contribution in [0.2, 0.25) is 0 Å². The minimum atomic E-state index is -4.35. The smallest absolute Gasteiger partial charge is 0.462 e. The first kappa shape index (κ1) is 51.5. The Morgan fingerprint density at radius 2 is 0.962 bits per heavy atom. The second-order valence-corrected chi connectivity index (χ2v) is 16.5. The van der Waals surface area contributed by atoms with Crippen LogP contribution in [-0.2, 0) is 32.7 Å². The van der Waals surface area contributed by atoms with Gasteiger partial charge in [0.1, 0.15) is 19.8 Å². The van der Waals surface area contributed by atoms with Crippen molar-refractivity contribution >= 4 is 19.8 Å². The molecule has 1 unspecified atom stereocenters. The molecule has 0 saturated carbocycles. The molecule has 312 valence electrons. The van der Waals surface area contributed by atoms with Crippen LogP contribution in [-0.4, -0.2) is 63.4 Å². The van der Waals surface area contributed by atoms with Gasteiger partial charge in [0.25, 0.3) is 0 Å². The highest BCUT2D eigenvalue weighted by Crippen LogP contribution is 2.43. The van der Waals surface area contributed by atoms with Crippen molar-refractivity contribution in [1.82, 2.24) is 0 Å².